The Morgan fingerprint density at radius 3 is 2.46 bits per heavy atom. The Morgan fingerprint density at radius 1 is 1.23 bits per heavy atom. The van der Waals surface area contributed by atoms with Crippen LogP contribution in [0.25, 0.3) is 11.3 Å². The minimum Gasteiger partial charge on any atom is -0.353 e. The van der Waals surface area contributed by atoms with Gasteiger partial charge in [-0.25, -0.2) is 4.39 Å². The topological polar surface area (TPSA) is 26.0 Å². The van der Waals surface area contributed by atoms with Crippen LogP contribution < -0.4 is 0 Å². The van der Waals surface area contributed by atoms with E-state index in [0.717, 1.165) is 0 Å². The maximum absolute atomic E-state index is 13.3. The number of aromatic nitrogens is 1. The number of nitrogens with zero attached hydrogens (tertiary/aromatic N) is 1. The maximum atomic E-state index is 13.3. The van der Waals surface area contributed by atoms with Crippen LogP contribution in [-0.4, -0.2) is 5.16 Å². The number of hydrogen-bond donors (Lipinski definition) is 0. The molecule has 66 valence electrons. The molecule has 13 heavy (non-hydrogen) atoms. The lowest BCUT2D eigenvalue weighted by Gasteiger charge is -1.92. The molecule has 0 fully saturated rings. The molecule has 0 radical (unpaired) electrons. The van der Waals surface area contributed by atoms with Gasteiger partial charge in [0.15, 0.2) is 5.82 Å². The third-order valence-electron chi connectivity index (χ3n) is 1.83. The fourth-order valence-corrected chi connectivity index (χ4v) is 1.13. The van der Waals surface area contributed by atoms with Crippen molar-refractivity contribution in [3.8, 4) is 11.3 Å². The van der Waals surface area contributed by atoms with E-state index < -0.39 is 0 Å². The highest BCUT2D eigenvalue weighted by Gasteiger charge is 2.13. The molecule has 0 aliphatic carbocycles. The molecule has 0 saturated carbocycles. The number of aryl methyl sites for hydroxylation is 1. The zero-order chi connectivity index (χ0) is 9.26. The van der Waals surface area contributed by atoms with Crippen LogP contribution in [0.3, 0.4) is 0 Å². The van der Waals surface area contributed by atoms with E-state index in [9.17, 15) is 4.39 Å². The van der Waals surface area contributed by atoms with Crippen LogP contribution in [0.15, 0.2) is 34.9 Å². The van der Waals surface area contributed by atoms with Crippen molar-refractivity contribution in [1.29, 1.82) is 0 Å². The summed E-state index contributed by atoms with van der Waals surface area (Å²) in [5, 5.41) is 3.54. The van der Waals surface area contributed by atoms with Gasteiger partial charge >= 0.3 is 0 Å². The summed E-state index contributed by atoms with van der Waals surface area (Å²) in [7, 11) is 0. The molecule has 0 N–H and O–H groups in total. The monoisotopic (exact) mass is 177 g/mol. The SMILES string of the molecule is Cc1noc(-c2ccccc2)c1F. The van der Waals surface area contributed by atoms with Crippen LogP contribution in [0, 0.1) is 12.7 Å². The lowest BCUT2D eigenvalue weighted by atomic mass is 10.1. The van der Waals surface area contributed by atoms with Crippen LogP contribution in [0.1, 0.15) is 5.69 Å². The molecule has 2 aromatic rings. The number of hydrogen-bond acceptors (Lipinski definition) is 2. The molecule has 2 rings (SSSR count). The van der Waals surface area contributed by atoms with Crippen molar-refractivity contribution in [3.05, 3.63) is 41.8 Å². The van der Waals surface area contributed by atoms with Gasteiger partial charge in [0.25, 0.3) is 0 Å². The molecule has 1 heterocycles. The highest BCUT2D eigenvalue weighted by atomic mass is 19.1. The van der Waals surface area contributed by atoms with E-state index in [2.05, 4.69) is 5.16 Å². The Kier molecular flexibility index (Phi) is 1.85. The summed E-state index contributed by atoms with van der Waals surface area (Å²) in [6, 6.07) is 9.08. The van der Waals surface area contributed by atoms with E-state index in [1.807, 2.05) is 18.2 Å². The zero-order valence-corrected chi connectivity index (χ0v) is 7.12. The van der Waals surface area contributed by atoms with Crippen LogP contribution in [0.5, 0.6) is 0 Å². The first kappa shape index (κ1) is 7.98. The highest BCUT2D eigenvalue weighted by molar-refractivity contribution is 5.57. The standard InChI is InChI=1S/C10H8FNO/c1-7-9(11)10(13-12-7)8-5-3-2-4-6-8/h2-6H,1H3. The van der Waals surface area contributed by atoms with Crippen molar-refractivity contribution < 1.29 is 8.91 Å². The van der Waals surface area contributed by atoms with Gasteiger partial charge in [0.2, 0.25) is 5.76 Å². The zero-order valence-electron chi connectivity index (χ0n) is 7.12. The van der Waals surface area contributed by atoms with Gasteiger partial charge < -0.3 is 4.52 Å². The predicted octanol–water partition coefficient (Wildman–Crippen LogP) is 2.79. The molecule has 0 atom stereocenters. The molecule has 1 aromatic heterocycles. The maximum Gasteiger partial charge on any atom is 0.202 e. The van der Waals surface area contributed by atoms with E-state index in [1.54, 1.807) is 19.1 Å². The normalized spacial score (nSPS) is 10.3. The Hall–Kier alpha value is -1.64. The van der Waals surface area contributed by atoms with Gasteiger partial charge in [-0.1, -0.05) is 35.5 Å². The first-order valence-electron chi connectivity index (χ1n) is 3.96. The van der Waals surface area contributed by atoms with E-state index in [0.29, 0.717) is 11.3 Å². The van der Waals surface area contributed by atoms with Crippen molar-refractivity contribution in [2.45, 2.75) is 6.92 Å². The van der Waals surface area contributed by atoms with Gasteiger partial charge in [-0.05, 0) is 6.92 Å². The van der Waals surface area contributed by atoms with E-state index >= 15 is 0 Å². The summed E-state index contributed by atoms with van der Waals surface area (Å²) in [6.07, 6.45) is 0. The second-order valence-electron chi connectivity index (χ2n) is 2.78. The van der Waals surface area contributed by atoms with Crippen LogP contribution in [0.4, 0.5) is 4.39 Å². The molecular weight excluding hydrogens is 169 g/mol. The molecule has 0 aliphatic heterocycles. The van der Waals surface area contributed by atoms with Gasteiger partial charge in [-0.2, -0.15) is 0 Å². The minimum atomic E-state index is -0.383. The molecular formula is C10H8FNO. The average molecular weight is 177 g/mol. The Bertz CT molecular complexity index is 408. The van der Waals surface area contributed by atoms with Crippen molar-refractivity contribution in [2.75, 3.05) is 0 Å². The van der Waals surface area contributed by atoms with Crippen LogP contribution >= 0.6 is 0 Å². The quantitative estimate of drug-likeness (QED) is 0.669. The summed E-state index contributed by atoms with van der Waals surface area (Å²) in [4.78, 5) is 0. The number of rotatable bonds is 1. The van der Waals surface area contributed by atoms with Crippen molar-refractivity contribution in [1.82, 2.24) is 5.16 Å². The molecule has 0 unspecified atom stereocenters. The minimum absolute atomic E-state index is 0.207. The summed E-state index contributed by atoms with van der Waals surface area (Å²) in [6.45, 7) is 1.57. The van der Waals surface area contributed by atoms with Gasteiger partial charge in [-0.15, -0.1) is 0 Å². The second-order valence-corrected chi connectivity index (χ2v) is 2.78. The van der Waals surface area contributed by atoms with E-state index in [4.69, 9.17) is 4.52 Å². The molecule has 0 spiro atoms. The van der Waals surface area contributed by atoms with Crippen molar-refractivity contribution in [3.63, 3.8) is 0 Å². The third-order valence-corrected chi connectivity index (χ3v) is 1.83. The molecule has 3 heteroatoms. The molecule has 0 bridgehead atoms. The predicted molar refractivity (Wildman–Crippen MR) is 46.6 cm³/mol. The summed E-state index contributed by atoms with van der Waals surface area (Å²) in [5.74, 6) is -0.177. The summed E-state index contributed by atoms with van der Waals surface area (Å²) in [5.41, 5.74) is 0.999. The summed E-state index contributed by atoms with van der Waals surface area (Å²) < 4.78 is 18.1. The molecule has 0 saturated heterocycles. The molecule has 1 aromatic carbocycles. The Morgan fingerprint density at radius 2 is 1.92 bits per heavy atom. The second kappa shape index (κ2) is 3.01. The van der Waals surface area contributed by atoms with Crippen molar-refractivity contribution in [2.24, 2.45) is 0 Å². The van der Waals surface area contributed by atoms with Crippen molar-refractivity contribution >= 4 is 0 Å². The summed E-state index contributed by atoms with van der Waals surface area (Å²) >= 11 is 0. The third kappa shape index (κ3) is 1.33. The van der Waals surface area contributed by atoms with Gasteiger partial charge in [0, 0.05) is 5.56 Å². The molecule has 0 aliphatic rings. The highest BCUT2D eigenvalue weighted by Crippen LogP contribution is 2.23. The lowest BCUT2D eigenvalue weighted by molar-refractivity contribution is 0.424. The smallest absolute Gasteiger partial charge is 0.202 e. The van der Waals surface area contributed by atoms with Gasteiger partial charge in [0.1, 0.15) is 5.69 Å². The fourth-order valence-electron chi connectivity index (χ4n) is 1.13. The van der Waals surface area contributed by atoms with Crippen LogP contribution in [-0.2, 0) is 0 Å². The Labute approximate surface area is 75.0 Å². The number of benzene rings is 1. The average Bonchev–Trinajstić information content (AvgIpc) is 2.49. The van der Waals surface area contributed by atoms with E-state index in [-0.39, 0.29) is 11.6 Å². The fraction of sp³-hybridized carbons (Fsp3) is 0.100. The Balaban J connectivity index is 2.53. The molecule has 2 nitrogen and oxygen atoms in total. The molecule has 0 amide bonds. The van der Waals surface area contributed by atoms with E-state index in [1.165, 1.54) is 0 Å². The number of halogens is 1. The van der Waals surface area contributed by atoms with Gasteiger partial charge in [0.05, 0.1) is 0 Å². The van der Waals surface area contributed by atoms with Crippen LogP contribution in [0.2, 0.25) is 0 Å². The lowest BCUT2D eigenvalue weighted by Crippen LogP contribution is -1.79. The first-order valence-corrected chi connectivity index (χ1v) is 3.96. The largest absolute Gasteiger partial charge is 0.353 e. The van der Waals surface area contributed by atoms with Gasteiger partial charge in [-0.3, -0.25) is 0 Å². The first-order chi connectivity index (χ1) is 6.29.